The van der Waals surface area contributed by atoms with Crippen molar-refractivity contribution in [2.45, 2.75) is 26.5 Å². The molecule has 1 aliphatic heterocycles. The number of thiophene rings is 1. The Labute approximate surface area is 244 Å². The Bertz CT molecular complexity index is 1650. The molecule has 1 fully saturated rings. The number of hydrogen-bond acceptors (Lipinski definition) is 9. The first-order valence-corrected chi connectivity index (χ1v) is 14.4. The van der Waals surface area contributed by atoms with E-state index in [0.29, 0.717) is 28.5 Å². The number of aryl methyl sites for hydroxylation is 2. The standard InChI is InChI=1S/C31H26N2O6S2/c1-4-14-38-30(37)28-19(3)32-31(41-28)33-25(23-9-6-15-40-23)24(27(35)29(33)36)26(34)21-10-12-22(13-11-21)39-17-20-8-5-7-18(2)16-20/h4-13,15-16,25,34H,1,14,17H2,2-3H3/b26-24+. The van der Waals surface area contributed by atoms with Gasteiger partial charge in [0.15, 0.2) is 5.13 Å². The molecule has 1 N–H and O–H groups in total. The van der Waals surface area contributed by atoms with Crippen LogP contribution in [0.5, 0.6) is 5.75 Å². The maximum absolute atomic E-state index is 13.4. The summed E-state index contributed by atoms with van der Waals surface area (Å²) in [5, 5.41) is 13.3. The van der Waals surface area contributed by atoms with Gasteiger partial charge in [0.2, 0.25) is 0 Å². The fraction of sp³-hybridized carbons (Fsp3) is 0.161. The van der Waals surface area contributed by atoms with Crippen molar-refractivity contribution in [1.29, 1.82) is 0 Å². The van der Waals surface area contributed by atoms with Gasteiger partial charge in [-0.25, -0.2) is 9.78 Å². The van der Waals surface area contributed by atoms with Crippen LogP contribution in [0.4, 0.5) is 5.13 Å². The largest absolute Gasteiger partial charge is 0.507 e. The fourth-order valence-corrected chi connectivity index (χ4v) is 6.26. The number of Topliss-reactive ketones (excluding diaryl/α,β-unsaturated/α-hetero) is 1. The summed E-state index contributed by atoms with van der Waals surface area (Å²) in [6, 6.07) is 17.3. The van der Waals surface area contributed by atoms with Crippen LogP contribution in [-0.4, -0.2) is 34.4 Å². The van der Waals surface area contributed by atoms with Crippen LogP contribution in [0.2, 0.25) is 0 Å². The summed E-state index contributed by atoms with van der Waals surface area (Å²) in [4.78, 5) is 45.8. The molecule has 8 nitrogen and oxygen atoms in total. The average molecular weight is 587 g/mol. The highest BCUT2D eigenvalue weighted by Gasteiger charge is 2.49. The number of aliphatic hydroxyl groups is 1. The molecule has 3 heterocycles. The van der Waals surface area contributed by atoms with Gasteiger partial charge in [-0.1, -0.05) is 59.9 Å². The summed E-state index contributed by atoms with van der Waals surface area (Å²) in [6.45, 7) is 7.59. The Morgan fingerprint density at radius 1 is 1.12 bits per heavy atom. The summed E-state index contributed by atoms with van der Waals surface area (Å²) in [7, 11) is 0. The zero-order valence-corrected chi connectivity index (χ0v) is 24.0. The van der Waals surface area contributed by atoms with E-state index >= 15 is 0 Å². The van der Waals surface area contributed by atoms with Crippen molar-refractivity contribution in [3.8, 4) is 5.75 Å². The molecule has 1 amide bonds. The Hall–Kier alpha value is -4.54. The Morgan fingerprint density at radius 3 is 2.59 bits per heavy atom. The minimum absolute atomic E-state index is 0.0287. The first-order valence-electron chi connectivity index (χ1n) is 12.7. The number of carbonyl (C=O) groups excluding carboxylic acids is 3. The van der Waals surface area contributed by atoms with Crippen LogP contribution < -0.4 is 9.64 Å². The van der Waals surface area contributed by atoms with Gasteiger partial charge >= 0.3 is 11.9 Å². The van der Waals surface area contributed by atoms with Crippen LogP contribution in [-0.2, 0) is 20.9 Å². The van der Waals surface area contributed by atoms with Crippen LogP contribution >= 0.6 is 22.7 Å². The van der Waals surface area contributed by atoms with E-state index in [1.807, 2.05) is 36.6 Å². The molecule has 1 atom stereocenters. The number of anilines is 1. The van der Waals surface area contributed by atoms with Gasteiger partial charge in [-0.2, -0.15) is 0 Å². The van der Waals surface area contributed by atoms with E-state index in [-0.39, 0.29) is 27.9 Å². The van der Waals surface area contributed by atoms with Crippen molar-refractivity contribution >= 4 is 51.2 Å². The van der Waals surface area contributed by atoms with Crippen LogP contribution in [0.15, 0.2) is 84.3 Å². The highest BCUT2D eigenvalue weighted by Crippen LogP contribution is 2.45. The number of ketones is 1. The zero-order valence-electron chi connectivity index (χ0n) is 22.3. The first kappa shape index (κ1) is 28.0. The van der Waals surface area contributed by atoms with Crippen molar-refractivity contribution in [2.75, 3.05) is 11.5 Å². The van der Waals surface area contributed by atoms with Crippen molar-refractivity contribution in [1.82, 2.24) is 4.98 Å². The molecule has 5 rings (SSSR count). The predicted octanol–water partition coefficient (Wildman–Crippen LogP) is 6.37. The van der Waals surface area contributed by atoms with Crippen LogP contribution in [0.1, 0.15) is 43.0 Å². The molecule has 0 radical (unpaired) electrons. The lowest BCUT2D eigenvalue weighted by atomic mass is 10.00. The number of aromatic nitrogens is 1. The summed E-state index contributed by atoms with van der Waals surface area (Å²) in [5.74, 6) is -2.01. The van der Waals surface area contributed by atoms with Crippen LogP contribution in [0, 0.1) is 13.8 Å². The third-order valence-electron chi connectivity index (χ3n) is 6.38. The number of benzene rings is 2. The topological polar surface area (TPSA) is 106 Å². The van der Waals surface area contributed by atoms with Crippen molar-refractivity contribution in [3.05, 3.63) is 116 Å². The molecule has 0 bridgehead atoms. The number of carbonyl (C=O) groups is 3. The van der Waals surface area contributed by atoms with E-state index < -0.39 is 23.7 Å². The number of nitrogens with zero attached hydrogens (tertiary/aromatic N) is 2. The van der Waals surface area contributed by atoms with E-state index in [9.17, 15) is 19.5 Å². The van der Waals surface area contributed by atoms with E-state index in [0.717, 1.165) is 22.5 Å². The molecule has 2 aromatic heterocycles. The lowest BCUT2D eigenvalue weighted by Crippen LogP contribution is -2.29. The highest BCUT2D eigenvalue weighted by atomic mass is 32.1. The molecule has 0 saturated carbocycles. The Balaban J connectivity index is 1.47. The van der Waals surface area contributed by atoms with Crippen LogP contribution in [0.25, 0.3) is 5.76 Å². The van der Waals surface area contributed by atoms with E-state index in [4.69, 9.17) is 9.47 Å². The summed E-state index contributed by atoms with van der Waals surface area (Å²) >= 11 is 2.29. The maximum atomic E-state index is 13.4. The van der Waals surface area contributed by atoms with Gasteiger partial charge in [0.1, 0.15) is 35.6 Å². The van der Waals surface area contributed by atoms with Gasteiger partial charge in [0, 0.05) is 10.4 Å². The first-order chi connectivity index (χ1) is 19.8. The van der Waals surface area contributed by atoms with E-state index in [2.05, 4.69) is 11.6 Å². The highest BCUT2D eigenvalue weighted by molar-refractivity contribution is 7.18. The molecule has 1 saturated heterocycles. The summed E-state index contributed by atoms with van der Waals surface area (Å²) in [5.41, 5.74) is 2.83. The maximum Gasteiger partial charge on any atom is 0.350 e. The molecule has 1 unspecified atom stereocenters. The Kier molecular flexibility index (Phi) is 8.14. The predicted molar refractivity (Wildman–Crippen MR) is 158 cm³/mol. The number of thiazole rings is 1. The molecular formula is C31H26N2O6S2. The lowest BCUT2D eigenvalue weighted by molar-refractivity contribution is -0.132. The Morgan fingerprint density at radius 2 is 1.90 bits per heavy atom. The number of ether oxygens (including phenoxy) is 2. The third kappa shape index (κ3) is 5.70. The second-order valence-corrected chi connectivity index (χ2v) is 11.2. The molecule has 4 aromatic rings. The number of amides is 1. The lowest BCUT2D eigenvalue weighted by Gasteiger charge is -2.21. The monoisotopic (exact) mass is 586 g/mol. The zero-order chi connectivity index (χ0) is 29.1. The molecule has 0 aliphatic carbocycles. The van der Waals surface area contributed by atoms with Crippen molar-refractivity contribution in [3.63, 3.8) is 0 Å². The molecule has 1 aliphatic rings. The van der Waals surface area contributed by atoms with Crippen LogP contribution in [0.3, 0.4) is 0 Å². The van der Waals surface area contributed by atoms with E-state index in [1.54, 1.807) is 43.3 Å². The van der Waals surface area contributed by atoms with Crippen molar-refractivity contribution < 1.29 is 29.0 Å². The summed E-state index contributed by atoms with van der Waals surface area (Å²) in [6.07, 6.45) is 1.45. The quantitative estimate of drug-likeness (QED) is 0.0799. The van der Waals surface area contributed by atoms with Gasteiger partial charge < -0.3 is 14.6 Å². The van der Waals surface area contributed by atoms with Gasteiger partial charge in [-0.15, -0.1) is 11.3 Å². The van der Waals surface area contributed by atoms with Gasteiger partial charge in [-0.05, 0) is 55.1 Å². The number of aliphatic hydroxyl groups excluding tert-OH is 1. The normalized spacial score (nSPS) is 16.1. The minimum Gasteiger partial charge on any atom is -0.507 e. The van der Waals surface area contributed by atoms with Crippen molar-refractivity contribution in [2.24, 2.45) is 0 Å². The third-order valence-corrected chi connectivity index (χ3v) is 8.44. The SMILES string of the molecule is C=CCOC(=O)c1sc(N2C(=O)C(=O)/C(=C(/O)c3ccc(OCc4cccc(C)c4)cc3)C2c2cccs2)nc1C. The van der Waals surface area contributed by atoms with Gasteiger partial charge in [0.05, 0.1) is 11.3 Å². The average Bonchev–Trinajstić information content (AvgIpc) is 3.69. The molecular weight excluding hydrogens is 560 g/mol. The second kappa shape index (κ2) is 11.9. The molecule has 2 aromatic carbocycles. The molecule has 41 heavy (non-hydrogen) atoms. The van der Waals surface area contributed by atoms with Gasteiger partial charge in [0.25, 0.3) is 5.78 Å². The second-order valence-electron chi connectivity index (χ2n) is 9.28. The molecule has 208 valence electrons. The smallest absolute Gasteiger partial charge is 0.350 e. The number of esters is 1. The molecule has 10 heteroatoms. The van der Waals surface area contributed by atoms with E-state index in [1.165, 1.54) is 22.3 Å². The van der Waals surface area contributed by atoms with Gasteiger partial charge in [-0.3, -0.25) is 14.5 Å². The number of rotatable bonds is 9. The fourth-order valence-electron chi connectivity index (χ4n) is 4.45. The summed E-state index contributed by atoms with van der Waals surface area (Å²) < 4.78 is 11.0. The minimum atomic E-state index is -0.921. The molecule has 0 spiro atoms. The number of hydrogen-bond donors (Lipinski definition) is 1.